The van der Waals surface area contributed by atoms with E-state index in [1.165, 1.54) is 0 Å². The largest absolute Gasteiger partial charge is 0.492 e. The molecule has 1 aliphatic heterocycles. The number of ether oxygens (including phenoxy) is 1. The van der Waals surface area contributed by atoms with Crippen LogP contribution in [0.5, 0.6) is 5.75 Å². The molecule has 40 heavy (non-hydrogen) atoms. The Balaban J connectivity index is 0.000000708. The van der Waals surface area contributed by atoms with Crippen LogP contribution in [0.15, 0.2) is 30.3 Å². The van der Waals surface area contributed by atoms with Gasteiger partial charge in [0.15, 0.2) is 0 Å². The van der Waals surface area contributed by atoms with Crippen molar-refractivity contribution >= 4 is 56.7 Å². The van der Waals surface area contributed by atoms with Crippen molar-refractivity contribution in [2.75, 3.05) is 26.0 Å². The molecule has 1 atom stereocenters. The molecule has 0 spiro atoms. The van der Waals surface area contributed by atoms with Gasteiger partial charge in [-0.3, -0.25) is 9.69 Å². The highest BCUT2D eigenvalue weighted by molar-refractivity contribution is 7.89. The SMILES string of the molecule is C[C@@H](c1cc(Cl)cc(Cl)c1)N1CCC(COc2cc(F)c(C(=O)NS(C)(=O)=O)cc2Cl)CC1.O=C(O)C(F)(F)F. The average Bonchev–Trinajstić information content (AvgIpc) is 2.82. The number of amides is 1. The summed E-state index contributed by atoms with van der Waals surface area (Å²) in [4.78, 5) is 23.2. The zero-order valence-electron chi connectivity index (χ0n) is 21.1. The lowest BCUT2D eigenvalue weighted by Gasteiger charge is -2.36. The molecule has 1 amide bonds. The first-order valence-electron chi connectivity index (χ1n) is 11.5. The van der Waals surface area contributed by atoms with Crippen LogP contribution in [0.4, 0.5) is 17.6 Å². The maximum absolute atomic E-state index is 14.4. The summed E-state index contributed by atoms with van der Waals surface area (Å²) in [5.41, 5.74) is 0.589. The van der Waals surface area contributed by atoms with E-state index in [9.17, 15) is 30.8 Å². The standard InChI is InChI=1S/C22H24Cl3FN2O4S.C2HF3O2/c1-13(15-7-16(23)9-17(24)8-15)28-5-3-14(4-6-28)12-32-21-11-20(26)18(10-19(21)25)22(29)27-33(2,30)31;3-2(4,5)1(6)7/h7-11,13-14H,3-6,12H2,1-2H3,(H,27,29);(H,6,7)/t13-;/m0./s1. The van der Waals surface area contributed by atoms with Crippen LogP contribution in [0.25, 0.3) is 0 Å². The normalized spacial score (nSPS) is 15.5. The van der Waals surface area contributed by atoms with E-state index in [0.29, 0.717) is 16.7 Å². The lowest BCUT2D eigenvalue weighted by molar-refractivity contribution is -0.192. The highest BCUT2D eigenvalue weighted by Gasteiger charge is 2.38. The molecule has 1 fully saturated rings. The molecule has 0 aliphatic carbocycles. The molecule has 222 valence electrons. The van der Waals surface area contributed by atoms with Gasteiger partial charge in [-0.15, -0.1) is 0 Å². The monoisotopic (exact) mass is 650 g/mol. The maximum atomic E-state index is 14.4. The number of likely N-dealkylation sites (tertiary alicyclic amines) is 1. The topological polar surface area (TPSA) is 113 Å². The molecule has 0 unspecified atom stereocenters. The van der Waals surface area contributed by atoms with Gasteiger partial charge in [-0.1, -0.05) is 34.8 Å². The van der Waals surface area contributed by atoms with Crippen molar-refractivity contribution in [3.8, 4) is 5.75 Å². The molecule has 0 saturated carbocycles. The van der Waals surface area contributed by atoms with Gasteiger partial charge in [-0.25, -0.2) is 22.3 Å². The maximum Gasteiger partial charge on any atom is 0.490 e. The summed E-state index contributed by atoms with van der Waals surface area (Å²) in [6.45, 7) is 4.17. The smallest absolute Gasteiger partial charge is 0.490 e. The number of carbonyl (C=O) groups excluding carboxylic acids is 1. The molecule has 0 radical (unpaired) electrons. The number of carbonyl (C=O) groups is 2. The molecule has 0 bridgehead atoms. The van der Waals surface area contributed by atoms with Crippen molar-refractivity contribution in [3.05, 3.63) is 62.3 Å². The van der Waals surface area contributed by atoms with Gasteiger partial charge in [0.1, 0.15) is 11.6 Å². The minimum atomic E-state index is -5.08. The molecule has 3 rings (SSSR count). The fraction of sp³-hybridized carbons (Fsp3) is 0.417. The quantitative estimate of drug-likeness (QED) is 0.355. The fourth-order valence-corrected chi connectivity index (χ4v) is 4.99. The lowest BCUT2D eigenvalue weighted by atomic mass is 9.95. The molecular weight excluding hydrogens is 627 g/mol. The minimum Gasteiger partial charge on any atom is -0.492 e. The summed E-state index contributed by atoms with van der Waals surface area (Å²) in [5.74, 6) is -4.41. The number of aliphatic carboxylic acids is 1. The summed E-state index contributed by atoms with van der Waals surface area (Å²) in [5, 5.41) is 8.37. The number of carboxylic acids is 1. The fourth-order valence-electron chi connectivity index (χ4n) is 3.78. The number of nitrogens with zero attached hydrogens (tertiary/aromatic N) is 1. The lowest BCUT2D eigenvalue weighted by Crippen LogP contribution is -2.37. The van der Waals surface area contributed by atoms with Gasteiger partial charge in [0.25, 0.3) is 5.91 Å². The Hall–Kier alpha value is -2.32. The van der Waals surface area contributed by atoms with Crippen molar-refractivity contribution in [1.82, 2.24) is 9.62 Å². The van der Waals surface area contributed by atoms with Crippen LogP contribution in [-0.4, -0.2) is 62.4 Å². The third-order valence-corrected chi connectivity index (χ3v) is 7.11. The van der Waals surface area contributed by atoms with Gasteiger partial charge in [0.2, 0.25) is 10.0 Å². The number of nitrogens with one attached hydrogen (secondary N) is 1. The summed E-state index contributed by atoms with van der Waals surface area (Å²) in [6, 6.07) is 7.78. The molecular formula is C24H25Cl3F4N2O6S. The van der Waals surface area contributed by atoms with Gasteiger partial charge >= 0.3 is 12.1 Å². The van der Waals surface area contributed by atoms with Crippen LogP contribution in [0.1, 0.15) is 41.7 Å². The van der Waals surface area contributed by atoms with E-state index in [1.807, 2.05) is 12.1 Å². The van der Waals surface area contributed by atoms with E-state index in [0.717, 1.165) is 49.9 Å². The number of sulfonamides is 1. The predicted molar refractivity (Wildman–Crippen MR) is 142 cm³/mol. The second-order valence-electron chi connectivity index (χ2n) is 8.94. The Morgan fingerprint density at radius 1 is 1.10 bits per heavy atom. The molecule has 1 heterocycles. The summed E-state index contributed by atoms with van der Waals surface area (Å²) in [7, 11) is -3.83. The van der Waals surface area contributed by atoms with Gasteiger partial charge in [-0.2, -0.15) is 13.2 Å². The Morgan fingerprint density at radius 3 is 2.10 bits per heavy atom. The molecule has 2 aromatic carbocycles. The first-order valence-corrected chi connectivity index (χ1v) is 14.5. The van der Waals surface area contributed by atoms with Crippen LogP contribution in [0.3, 0.4) is 0 Å². The number of rotatable bonds is 7. The number of benzene rings is 2. The number of piperidine rings is 1. The highest BCUT2D eigenvalue weighted by Crippen LogP contribution is 2.32. The van der Waals surface area contributed by atoms with E-state index in [-0.39, 0.29) is 22.7 Å². The van der Waals surface area contributed by atoms with Crippen LogP contribution < -0.4 is 9.46 Å². The van der Waals surface area contributed by atoms with Gasteiger partial charge < -0.3 is 9.84 Å². The third-order valence-electron chi connectivity index (χ3n) is 5.83. The second-order valence-corrected chi connectivity index (χ2v) is 12.0. The Morgan fingerprint density at radius 2 is 1.62 bits per heavy atom. The zero-order chi connectivity index (χ0) is 30.4. The Kier molecular flexibility index (Phi) is 11.9. The number of alkyl halides is 3. The Bertz CT molecular complexity index is 1320. The van der Waals surface area contributed by atoms with Gasteiger partial charge in [-0.05, 0) is 68.6 Å². The van der Waals surface area contributed by atoms with E-state index < -0.39 is 39.5 Å². The van der Waals surface area contributed by atoms with Crippen LogP contribution in [0, 0.1) is 11.7 Å². The zero-order valence-corrected chi connectivity index (χ0v) is 24.2. The number of halogens is 7. The van der Waals surface area contributed by atoms with Crippen LogP contribution >= 0.6 is 34.8 Å². The Labute approximate surface area is 243 Å². The van der Waals surface area contributed by atoms with Crippen molar-refractivity contribution in [2.45, 2.75) is 32.0 Å². The summed E-state index contributed by atoms with van der Waals surface area (Å²) in [6.07, 6.45) is -2.51. The van der Waals surface area contributed by atoms with Crippen molar-refractivity contribution < 1.29 is 45.4 Å². The molecule has 16 heteroatoms. The number of hydrogen-bond acceptors (Lipinski definition) is 6. The summed E-state index contributed by atoms with van der Waals surface area (Å²) < 4.78 is 75.9. The first kappa shape index (κ1) is 33.9. The molecule has 0 aromatic heterocycles. The van der Waals surface area contributed by atoms with Crippen LogP contribution in [0.2, 0.25) is 15.1 Å². The predicted octanol–water partition coefficient (Wildman–Crippen LogP) is 5.96. The minimum absolute atomic E-state index is 0.0268. The number of hydrogen-bond donors (Lipinski definition) is 2. The highest BCUT2D eigenvalue weighted by atomic mass is 35.5. The van der Waals surface area contributed by atoms with Crippen molar-refractivity contribution in [1.29, 1.82) is 0 Å². The molecule has 1 saturated heterocycles. The second kappa shape index (κ2) is 14.0. The molecule has 8 nitrogen and oxygen atoms in total. The summed E-state index contributed by atoms with van der Waals surface area (Å²) >= 11 is 18.4. The third kappa shape index (κ3) is 10.6. The van der Waals surface area contributed by atoms with Gasteiger partial charge in [0.05, 0.1) is 23.4 Å². The molecule has 2 aromatic rings. The van der Waals surface area contributed by atoms with E-state index >= 15 is 0 Å². The first-order chi connectivity index (χ1) is 18.4. The number of carboxylic acid groups (broad SMARTS) is 1. The van der Waals surface area contributed by atoms with Crippen molar-refractivity contribution in [3.63, 3.8) is 0 Å². The average molecular weight is 652 g/mol. The molecule has 2 N–H and O–H groups in total. The van der Waals surface area contributed by atoms with E-state index in [4.69, 9.17) is 49.4 Å². The molecule has 1 aliphatic rings. The van der Waals surface area contributed by atoms with E-state index in [1.54, 1.807) is 10.8 Å². The van der Waals surface area contributed by atoms with Crippen LogP contribution in [-0.2, 0) is 14.8 Å². The van der Waals surface area contributed by atoms with Gasteiger partial charge in [0, 0.05) is 22.2 Å². The van der Waals surface area contributed by atoms with Crippen molar-refractivity contribution in [2.24, 2.45) is 5.92 Å². The van der Waals surface area contributed by atoms with E-state index in [2.05, 4.69) is 11.8 Å².